The summed E-state index contributed by atoms with van der Waals surface area (Å²) in [6.07, 6.45) is 12.5. The highest BCUT2D eigenvalue weighted by atomic mass is 15.2. The minimum absolute atomic E-state index is 0.317. The third-order valence-electron chi connectivity index (χ3n) is 4.86. The van der Waals surface area contributed by atoms with Crippen molar-refractivity contribution in [2.75, 3.05) is 6.54 Å². The number of piperidine rings is 1. The van der Waals surface area contributed by atoms with Crippen molar-refractivity contribution in [2.24, 2.45) is 0 Å². The molecule has 2 bridgehead atoms. The van der Waals surface area contributed by atoms with Gasteiger partial charge in [-0.15, -0.1) is 6.42 Å². The summed E-state index contributed by atoms with van der Waals surface area (Å²) in [5, 5.41) is 18.8. The van der Waals surface area contributed by atoms with E-state index in [-0.39, 0.29) is 0 Å². The first-order chi connectivity index (χ1) is 10.2. The molecule has 1 aromatic heterocycles. The van der Waals surface area contributed by atoms with Crippen LogP contribution in [0.5, 0.6) is 0 Å². The van der Waals surface area contributed by atoms with Crippen LogP contribution in [0.15, 0.2) is 18.5 Å². The summed E-state index contributed by atoms with van der Waals surface area (Å²) in [5.41, 5.74) is 1.13. The lowest BCUT2D eigenvalue weighted by Gasteiger charge is -2.42. The van der Waals surface area contributed by atoms with E-state index in [4.69, 9.17) is 11.7 Å². The summed E-state index contributed by atoms with van der Waals surface area (Å²) in [6, 6.07) is 7.32. The second kappa shape index (κ2) is 5.21. The maximum atomic E-state index is 9.83. The van der Waals surface area contributed by atoms with Crippen LogP contribution in [0, 0.1) is 35.0 Å². The zero-order valence-corrected chi connectivity index (χ0v) is 11.8. The van der Waals surface area contributed by atoms with E-state index in [1.807, 2.05) is 6.07 Å². The Kier molecular flexibility index (Phi) is 3.38. The van der Waals surface area contributed by atoms with Gasteiger partial charge in [0, 0.05) is 30.0 Å². The summed E-state index contributed by atoms with van der Waals surface area (Å²) in [4.78, 5) is 6.45. The average molecular weight is 276 g/mol. The molecule has 2 aliphatic rings. The van der Waals surface area contributed by atoms with Gasteiger partial charge in [-0.2, -0.15) is 10.5 Å². The predicted octanol–water partition coefficient (Wildman–Crippen LogP) is 1.97. The van der Waals surface area contributed by atoms with E-state index in [1.54, 1.807) is 12.4 Å². The molecule has 0 aromatic carbocycles. The van der Waals surface area contributed by atoms with Crippen LogP contribution in [0.2, 0.25) is 0 Å². The van der Waals surface area contributed by atoms with E-state index in [2.05, 4.69) is 27.9 Å². The monoisotopic (exact) mass is 276 g/mol. The van der Waals surface area contributed by atoms with Crippen molar-refractivity contribution in [2.45, 2.75) is 43.2 Å². The van der Waals surface area contributed by atoms with E-state index >= 15 is 0 Å². The van der Waals surface area contributed by atoms with Crippen molar-refractivity contribution >= 4 is 0 Å². The second-order valence-corrected chi connectivity index (χ2v) is 5.92. The Hall–Kier alpha value is -2.35. The summed E-state index contributed by atoms with van der Waals surface area (Å²) in [5.74, 6) is 2.59. The molecule has 21 heavy (non-hydrogen) atoms. The Balaban J connectivity index is 1.96. The van der Waals surface area contributed by atoms with Crippen molar-refractivity contribution in [3.8, 4) is 24.5 Å². The third-order valence-corrected chi connectivity index (χ3v) is 4.86. The van der Waals surface area contributed by atoms with Crippen LogP contribution in [-0.4, -0.2) is 28.5 Å². The van der Waals surface area contributed by atoms with Gasteiger partial charge in [0.1, 0.15) is 0 Å². The van der Waals surface area contributed by atoms with Crippen molar-refractivity contribution in [3.63, 3.8) is 0 Å². The van der Waals surface area contributed by atoms with E-state index < -0.39 is 5.41 Å². The van der Waals surface area contributed by atoms with E-state index in [9.17, 15) is 5.26 Å². The van der Waals surface area contributed by atoms with Crippen molar-refractivity contribution < 1.29 is 0 Å². The fourth-order valence-corrected chi connectivity index (χ4v) is 3.85. The van der Waals surface area contributed by atoms with Crippen LogP contribution >= 0.6 is 0 Å². The molecule has 0 saturated carbocycles. The van der Waals surface area contributed by atoms with Gasteiger partial charge in [0.2, 0.25) is 0 Å². The molecule has 0 aliphatic carbocycles. The van der Waals surface area contributed by atoms with Gasteiger partial charge in [-0.05, 0) is 37.3 Å². The van der Waals surface area contributed by atoms with Crippen LogP contribution in [0.3, 0.4) is 0 Å². The molecule has 2 saturated heterocycles. The highest BCUT2D eigenvalue weighted by Gasteiger charge is 2.49. The molecule has 3 heterocycles. The van der Waals surface area contributed by atoms with E-state index in [0.717, 1.165) is 31.2 Å². The molecule has 2 unspecified atom stereocenters. The molecule has 104 valence electrons. The molecule has 2 aliphatic heterocycles. The number of hydrogen-bond donors (Lipinski definition) is 0. The van der Waals surface area contributed by atoms with Gasteiger partial charge >= 0.3 is 0 Å². The fraction of sp³-hybridized carbons (Fsp3) is 0.471. The average Bonchev–Trinajstić information content (AvgIpc) is 2.78. The SMILES string of the molecule is C#Cc1cncc(C2(C#N)CC3CCC(C2)N3CC#N)c1. The minimum atomic E-state index is -0.516. The summed E-state index contributed by atoms with van der Waals surface area (Å²) in [6.45, 7) is 0.458. The fourth-order valence-electron chi connectivity index (χ4n) is 3.85. The van der Waals surface area contributed by atoms with Gasteiger partial charge < -0.3 is 0 Å². The third kappa shape index (κ3) is 2.17. The standard InChI is InChI=1S/C17H16N4/c1-2-13-7-14(11-20-10-13)17(12-19)8-15-3-4-16(9-17)21(15)6-5-18/h1,7,10-11,15-16H,3-4,6,8-9H2. The topological polar surface area (TPSA) is 63.7 Å². The van der Waals surface area contributed by atoms with Crippen LogP contribution in [-0.2, 0) is 5.41 Å². The van der Waals surface area contributed by atoms with Gasteiger partial charge in [-0.25, -0.2) is 0 Å². The minimum Gasteiger partial charge on any atom is -0.284 e. The zero-order valence-electron chi connectivity index (χ0n) is 11.8. The van der Waals surface area contributed by atoms with Gasteiger partial charge in [0.05, 0.1) is 24.1 Å². The Morgan fingerprint density at radius 1 is 1.29 bits per heavy atom. The molecule has 3 rings (SSSR count). The smallest absolute Gasteiger partial charge is 0.0870 e. The van der Waals surface area contributed by atoms with Crippen molar-refractivity contribution in [1.82, 2.24) is 9.88 Å². The van der Waals surface area contributed by atoms with Crippen LogP contribution < -0.4 is 0 Å². The molecule has 2 fully saturated rings. The van der Waals surface area contributed by atoms with Crippen LogP contribution in [0.25, 0.3) is 0 Å². The Labute approximate surface area is 125 Å². The molecular weight excluding hydrogens is 260 g/mol. The molecule has 0 radical (unpaired) electrons. The summed E-state index contributed by atoms with van der Waals surface area (Å²) in [7, 11) is 0. The Morgan fingerprint density at radius 3 is 2.57 bits per heavy atom. The summed E-state index contributed by atoms with van der Waals surface area (Å²) >= 11 is 0. The normalized spacial score (nSPS) is 31.1. The van der Waals surface area contributed by atoms with E-state index in [1.165, 1.54) is 0 Å². The first-order valence-corrected chi connectivity index (χ1v) is 7.18. The highest BCUT2D eigenvalue weighted by Crippen LogP contribution is 2.46. The molecule has 4 heteroatoms. The van der Waals surface area contributed by atoms with Crippen molar-refractivity contribution in [1.29, 1.82) is 10.5 Å². The molecule has 4 nitrogen and oxygen atoms in total. The predicted molar refractivity (Wildman–Crippen MR) is 77.8 cm³/mol. The summed E-state index contributed by atoms with van der Waals surface area (Å²) < 4.78 is 0. The number of hydrogen-bond acceptors (Lipinski definition) is 4. The van der Waals surface area contributed by atoms with E-state index in [0.29, 0.717) is 24.2 Å². The molecule has 1 aromatic rings. The highest BCUT2D eigenvalue weighted by molar-refractivity contribution is 5.40. The number of nitriles is 2. The lowest BCUT2D eigenvalue weighted by atomic mass is 9.71. The lowest BCUT2D eigenvalue weighted by Crippen LogP contribution is -2.49. The number of terminal acetylenes is 1. The lowest BCUT2D eigenvalue weighted by molar-refractivity contribution is 0.120. The Morgan fingerprint density at radius 2 is 2.00 bits per heavy atom. The van der Waals surface area contributed by atoms with Crippen LogP contribution in [0.1, 0.15) is 36.8 Å². The number of aromatic nitrogens is 1. The number of pyridine rings is 1. The number of fused-ring (bicyclic) bond motifs is 2. The van der Waals surface area contributed by atoms with Gasteiger partial charge in [-0.3, -0.25) is 9.88 Å². The van der Waals surface area contributed by atoms with Gasteiger partial charge in [0.15, 0.2) is 0 Å². The van der Waals surface area contributed by atoms with Gasteiger partial charge in [0.25, 0.3) is 0 Å². The van der Waals surface area contributed by atoms with Crippen LogP contribution in [0.4, 0.5) is 0 Å². The Bertz CT molecular complexity index is 659. The quantitative estimate of drug-likeness (QED) is 0.612. The first-order valence-electron chi connectivity index (χ1n) is 7.18. The number of nitrogens with zero attached hydrogens (tertiary/aromatic N) is 4. The maximum Gasteiger partial charge on any atom is 0.0870 e. The largest absolute Gasteiger partial charge is 0.284 e. The zero-order chi connectivity index (χ0) is 14.9. The first kappa shape index (κ1) is 13.6. The second-order valence-electron chi connectivity index (χ2n) is 5.92. The molecule has 0 amide bonds. The molecule has 2 atom stereocenters. The molecule has 0 spiro atoms. The van der Waals surface area contributed by atoms with Crippen molar-refractivity contribution in [3.05, 3.63) is 29.6 Å². The number of rotatable bonds is 2. The van der Waals surface area contributed by atoms with Gasteiger partial charge in [-0.1, -0.05) is 5.92 Å². The maximum absolute atomic E-state index is 9.83. The molecule has 0 N–H and O–H groups in total. The molecular formula is C17H16N4.